The van der Waals surface area contributed by atoms with Gasteiger partial charge in [-0.15, -0.1) is 0 Å². The summed E-state index contributed by atoms with van der Waals surface area (Å²) in [5.41, 5.74) is 3.68. The minimum atomic E-state index is -0.0291. The molecule has 3 aromatic carbocycles. The molecule has 0 radical (unpaired) electrons. The van der Waals surface area contributed by atoms with Crippen molar-refractivity contribution in [3.8, 4) is 16.9 Å². The lowest BCUT2D eigenvalue weighted by molar-refractivity contribution is -0.697. The first-order valence-electron chi connectivity index (χ1n) is 10.3. The summed E-state index contributed by atoms with van der Waals surface area (Å²) in [5, 5.41) is 0.616. The van der Waals surface area contributed by atoms with E-state index in [4.69, 9.17) is 16.3 Å². The lowest BCUT2D eigenvalue weighted by Gasteiger charge is -2.07. The Hall–Kier alpha value is -3.14. The number of aromatic nitrogens is 1. The summed E-state index contributed by atoms with van der Waals surface area (Å²) in [6.45, 7) is 1.49. The van der Waals surface area contributed by atoms with E-state index in [-0.39, 0.29) is 18.2 Å². The zero-order valence-electron chi connectivity index (χ0n) is 17.5. The molecule has 0 bridgehead atoms. The topological polar surface area (TPSA) is 30.2 Å². The Morgan fingerprint density at radius 3 is 1.94 bits per heavy atom. The molecule has 0 saturated carbocycles. The number of carbonyl (C=O) groups is 1. The maximum atomic E-state index is 12.5. The Labute approximate surface area is 199 Å². The highest BCUT2D eigenvalue weighted by Crippen LogP contribution is 2.18. The minimum absolute atomic E-state index is 0. The van der Waals surface area contributed by atoms with Crippen LogP contribution in [0.2, 0.25) is 5.02 Å². The van der Waals surface area contributed by atoms with Gasteiger partial charge >= 0.3 is 0 Å². The van der Waals surface area contributed by atoms with Gasteiger partial charge in [-0.05, 0) is 59.7 Å². The second-order valence-corrected chi connectivity index (χ2v) is 7.69. The molecule has 0 amide bonds. The number of ketones is 1. The third-order valence-electron chi connectivity index (χ3n) is 5.05. The van der Waals surface area contributed by atoms with Gasteiger partial charge in [0.05, 0.1) is 6.61 Å². The third kappa shape index (κ3) is 6.19. The molecule has 4 aromatic rings. The van der Waals surface area contributed by atoms with Crippen molar-refractivity contribution in [3.05, 3.63) is 120 Å². The van der Waals surface area contributed by atoms with E-state index >= 15 is 0 Å². The van der Waals surface area contributed by atoms with Crippen LogP contribution in [0.15, 0.2) is 103 Å². The summed E-state index contributed by atoms with van der Waals surface area (Å²) < 4.78 is 7.99. The normalized spacial score (nSPS) is 10.3. The van der Waals surface area contributed by atoms with Crippen LogP contribution in [0.25, 0.3) is 11.1 Å². The largest absolute Gasteiger partial charge is 1.00 e. The summed E-state index contributed by atoms with van der Waals surface area (Å²) in [4.78, 5) is 12.5. The second-order valence-electron chi connectivity index (χ2n) is 7.25. The number of aryl methyl sites for hydroxylation is 1. The Morgan fingerprint density at radius 1 is 0.750 bits per heavy atom. The van der Waals surface area contributed by atoms with Gasteiger partial charge in [-0.3, -0.25) is 4.79 Å². The fourth-order valence-corrected chi connectivity index (χ4v) is 3.46. The first-order valence-corrected chi connectivity index (χ1v) is 10.6. The van der Waals surface area contributed by atoms with E-state index in [2.05, 4.69) is 41.2 Å². The van der Waals surface area contributed by atoms with Gasteiger partial charge in [0.2, 0.25) is 0 Å². The molecule has 162 valence electrons. The number of halogens is 2. The predicted octanol–water partition coefficient (Wildman–Crippen LogP) is 3.00. The van der Waals surface area contributed by atoms with Gasteiger partial charge in [0, 0.05) is 34.7 Å². The molecule has 0 saturated heterocycles. The highest BCUT2D eigenvalue weighted by atomic mass is 35.5. The molecular formula is C27H23Cl2NO2. The number of hydrogen-bond acceptors (Lipinski definition) is 2. The third-order valence-corrected chi connectivity index (χ3v) is 5.30. The summed E-state index contributed by atoms with van der Waals surface area (Å²) in [6.07, 6.45) is 5.08. The van der Waals surface area contributed by atoms with Gasteiger partial charge in [-0.25, -0.2) is 4.57 Å². The Kier molecular flexibility index (Phi) is 8.43. The Bertz CT molecular complexity index is 1130. The Morgan fingerprint density at radius 2 is 1.31 bits per heavy atom. The highest BCUT2D eigenvalue weighted by Gasteiger charge is 2.09. The van der Waals surface area contributed by atoms with Crippen LogP contribution in [-0.2, 0) is 6.54 Å². The van der Waals surface area contributed by atoms with E-state index in [9.17, 15) is 4.79 Å². The molecular weight excluding hydrogens is 441 g/mol. The molecule has 0 spiro atoms. The molecule has 0 fully saturated rings. The number of benzene rings is 3. The van der Waals surface area contributed by atoms with E-state index in [1.165, 1.54) is 11.1 Å². The summed E-state index contributed by atoms with van der Waals surface area (Å²) >= 11 is 5.89. The van der Waals surface area contributed by atoms with Crippen molar-refractivity contribution in [2.75, 3.05) is 6.61 Å². The highest BCUT2D eigenvalue weighted by molar-refractivity contribution is 6.30. The molecule has 0 aliphatic carbocycles. The van der Waals surface area contributed by atoms with E-state index < -0.39 is 0 Å². The number of nitrogens with zero attached hydrogens (tertiary/aromatic N) is 1. The van der Waals surface area contributed by atoms with Crippen molar-refractivity contribution in [1.29, 1.82) is 0 Å². The van der Waals surface area contributed by atoms with Crippen LogP contribution in [-0.4, -0.2) is 12.4 Å². The number of hydrogen-bond donors (Lipinski definition) is 0. The quantitative estimate of drug-likeness (QED) is 0.228. The number of pyridine rings is 1. The predicted molar refractivity (Wildman–Crippen MR) is 124 cm³/mol. The van der Waals surface area contributed by atoms with Gasteiger partial charge in [0.1, 0.15) is 5.75 Å². The standard InChI is InChI=1S/C27H23ClNO2.ClH/c28-25-11-7-23(8-12-25)27(30)24-9-13-26(14-10-24)31-20-4-17-29-18-15-22(16-19-29)21-5-2-1-3-6-21;/h1-3,5-16,18-19H,4,17,20H2;1H/q+1;/p-1. The summed E-state index contributed by atoms with van der Waals surface area (Å²) in [6, 6.07) is 28.8. The summed E-state index contributed by atoms with van der Waals surface area (Å²) in [7, 11) is 0. The zero-order chi connectivity index (χ0) is 21.5. The molecule has 3 nitrogen and oxygen atoms in total. The molecule has 0 unspecified atom stereocenters. The molecule has 1 heterocycles. The maximum absolute atomic E-state index is 12.5. The summed E-state index contributed by atoms with van der Waals surface area (Å²) in [5.74, 6) is 0.732. The van der Waals surface area contributed by atoms with E-state index in [0.717, 1.165) is 18.7 Å². The number of carbonyl (C=O) groups excluding carboxylic acids is 1. The molecule has 0 aliphatic heterocycles. The zero-order valence-corrected chi connectivity index (χ0v) is 19.0. The van der Waals surface area contributed by atoms with Crippen LogP contribution in [0, 0.1) is 0 Å². The number of rotatable bonds is 8. The molecule has 32 heavy (non-hydrogen) atoms. The van der Waals surface area contributed by atoms with Crippen molar-refractivity contribution < 1.29 is 26.5 Å². The van der Waals surface area contributed by atoms with Crippen molar-refractivity contribution in [3.63, 3.8) is 0 Å². The first kappa shape index (κ1) is 23.5. The maximum Gasteiger partial charge on any atom is 0.193 e. The second kappa shape index (κ2) is 11.5. The minimum Gasteiger partial charge on any atom is -1.00 e. The molecule has 4 rings (SSSR count). The molecule has 0 aliphatic rings. The van der Waals surface area contributed by atoms with Gasteiger partial charge in [0.25, 0.3) is 0 Å². The lowest BCUT2D eigenvalue weighted by atomic mass is 10.0. The van der Waals surface area contributed by atoms with Crippen molar-refractivity contribution in [1.82, 2.24) is 0 Å². The SMILES string of the molecule is O=C(c1ccc(Cl)cc1)c1ccc(OCCC[n+]2ccc(-c3ccccc3)cc2)cc1.[Cl-]. The van der Waals surface area contributed by atoms with E-state index in [1.807, 2.05) is 30.3 Å². The van der Waals surface area contributed by atoms with Gasteiger partial charge < -0.3 is 17.1 Å². The molecule has 0 atom stereocenters. The molecule has 0 N–H and O–H groups in total. The fraction of sp³-hybridized carbons (Fsp3) is 0.111. The first-order chi connectivity index (χ1) is 15.2. The van der Waals surface area contributed by atoms with Gasteiger partial charge in [0.15, 0.2) is 24.7 Å². The average Bonchev–Trinajstić information content (AvgIpc) is 2.83. The van der Waals surface area contributed by atoms with Crippen molar-refractivity contribution in [2.45, 2.75) is 13.0 Å². The van der Waals surface area contributed by atoms with E-state index in [0.29, 0.717) is 22.8 Å². The lowest BCUT2D eigenvalue weighted by Crippen LogP contribution is -3.00. The van der Waals surface area contributed by atoms with Crippen LogP contribution >= 0.6 is 11.6 Å². The monoisotopic (exact) mass is 463 g/mol. The van der Waals surface area contributed by atoms with Crippen LogP contribution in [0.3, 0.4) is 0 Å². The van der Waals surface area contributed by atoms with Crippen molar-refractivity contribution >= 4 is 17.4 Å². The fourth-order valence-electron chi connectivity index (χ4n) is 3.34. The van der Waals surface area contributed by atoms with Crippen LogP contribution in [0.4, 0.5) is 0 Å². The van der Waals surface area contributed by atoms with Crippen LogP contribution in [0.1, 0.15) is 22.3 Å². The van der Waals surface area contributed by atoms with Gasteiger partial charge in [-0.1, -0.05) is 41.9 Å². The van der Waals surface area contributed by atoms with Gasteiger partial charge in [-0.2, -0.15) is 0 Å². The van der Waals surface area contributed by atoms with E-state index in [1.54, 1.807) is 36.4 Å². The average molecular weight is 464 g/mol. The number of ether oxygens (including phenoxy) is 1. The molecule has 1 aromatic heterocycles. The van der Waals surface area contributed by atoms with Crippen molar-refractivity contribution in [2.24, 2.45) is 0 Å². The smallest absolute Gasteiger partial charge is 0.193 e. The van der Waals surface area contributed by atoms with Crippen LogP contribution in [0.5, 0.6) is 5.75 Å². The van der Waals surface area contributed by atoms with Crippen LogP contribution < -0.4 is 21.7 Å². The molecule has 5 heteroatoms. The Balaban J connectivity index is 0.00000289.